The highest BCUT2D eigenvalue weighted by atomic mass is 16.5. The molecule has 25 heavy (non-hydrogen) atoms. The van der Waals surface area contributed by atoms with E-state index in [9.17, 15) is 4.79 Å². The summed E-state index contributed by atoms with van der Waals surface area (Å²) in [5.74, 6) is 0.0998. The Kier molecular flexibility index (Phi) is 6.10. The summed E-state index contributed by atoms with van der Waals surface area (Å²) < 4.78 is 11.2. The summed E-state index contributed by atoms with van der Waals surface area (Å²) in [5, 5.41) is 3.20. The Hall–Kier alpha value is -1.43. The third kappa shape index (κ3) is 4.60. The van der Waals surface area contributed by atoms with Gasteiger partial charge in [-0.05, 0) is 32.3 Å². The van der Waals surface area contributed by atoms with E-state index in [1.54, 1.807) is 0 Å². The van der Waals surface area contributed by atoms with E-state index in [0.29, 0.717) is 19.7 Å². The van der Waals surface area contributed by atoms with Crippen LogP contribution in [-0.4, -0.2) is 62.4 Å². The number of hydrogen-bond donors (Lipinski definition) is 1. The van der Waals surface area contributed by atoms with Crippen molar-refractivity contribution < 1.29 is 14.3 Å². The fraction of sp³-hybridized carbons (Fsp3) is 0.650. The van der Waals surface area contributed by atoms with Crippen LogP contribution in [0, 0.1) is 0 Å². The first-order valence-electron chi connectivity index (χ1n) is 9.35. The van der Waals surface area contributed by atoms with Crippen molar-refractivity contribution in [2.75, 3.05) is 39.5 Å². The summed E-state index contributed by atoms with van der Waals surface area (Å²) in [4.78, 5) is 14.8. The number of morpholine rings is 1. The van der Waals surface area contributed by atoms with E-state index in [0.717, 1.165) is 32.6 Å². The number of amides is 1. The molecule has 1 N–H and O–H groups in total. The van der Waals surface area contributed by atoms with Crippen molar-refractivity contribution >= 4 is 5.91 Å². The maximum absolute atomic E-state index is 12.6. The fourth-order valence-corrected chi connectivity index (χ4v) is 3.82. The van der Waals surface area contributed by atoms with Crippen molar-refractivity contribution in [2.24, 2.45) is 0 Å². The van der Waals surface area contributed by atoms with Gasteiger partial charge >= 0.3 is 0 Å². The number of benzene rings is 1. The molecule has 1 amide bonds. The average molecular weight is 346 g/mol. The van der Waals surface area contributed by atoms with Crippen LogP contribution in [0.3, 0.4) is 0 Å². The van der Waals surface area contributed by atoms with E-state index < -0.39 is 0 Å². The Bertz CT molecular complexity index is 557. The summed E-state index contributed by atoms with van der Waals surface area (Å²) in [6.45, 7) is 8.30. The third-order valence-corrected chi connectivity index (χ3v) is 5.54. The van der Waals surface area contributed by atoms with E-state index in [-0.39, 0.29) is 23.5 Å². The molecule has 1 aromatic rings. The average Bonchev–Trinajstić information content (AvgIpc) is 2.65. The molecular formula is C20H30N2O3. The molecule has 3 rings (SSSR count). The van der Waals surface area contributed by atoms with Crippen molar-refractivity contribution in [1.82, 2.24) is 10.2 Å². The smallest absolute Gasteiger partial charge is 0.234 e. The second kappa shape index (κ2) is 8.30. The minimum absolute atomic E-state index is 0.0148. The molecule has 2 aliphatic rings. The Morgan fingerprint density at radius 2 is 1.96 bits per heavy atom. The third-order valence-electron chi connectivity index (χ3n) is 5.54. The van der Waals surface area contributed by atoms with Gasteiger partial charge in [0.1, 0.15) is 0 Å². The van der Waals surface area contributed by atoms with Gasteiger partial charge in [-0.25, -0.2) is 0 Å². The molecule has 2 fully saturated rings. The Morgan fingerprint density at radius 1 is 1.24 bits per heavy atom. The van der Waals surface area contributed by atoms with E-state index in [2.05, 4.69) is 48.3 Å². The molecule has 0 spiro atoms. The summed E-state index contributed by atoms with van der Waals surface area (Å²) in [5.41, 5.74) is 1.28. The van der Waals surface area contributed by atoms with Crippen LogP contribution >= 0.6 is 0 Å². The number of rotatable bonds is 5. The van der Waals surface area contributed by atoms with Crippen LogP contribution in [0.2, 0.25) is 0 Å². The number of nitrogens with zero attached hydrogens (tertiary/aromatic N) is 1. The van der Waals surface area contributed by atoms with Gasteiger partial charge in [0.15, 0.2) is 0 Å². The van der Waals surface area contributed by atoms with Crippen LogP contribution in [0.25, 0.3) is 0 Å². The molecule has 0 unspecified atom stereocenters. The van der Waals surface area contributed by atoms with Gasteiger partial charge in [-0.15, -0.1) is 0 Å². The number of hydrogen-bond acceptors (Lipinski definition) is 4. The summed E-state index contributed by atoms with van der Waals surface area (Å²) >= 11 is 0. The molecular weight excluding hydrogens is 316 g/mol. The molecule has 0 bridgehead atoms. The SMILES string of the molecule is C[C@@H]1CO[C@@H](C)CN1CC(=O)NCC1(c2ccccc2)CCOCC1. The molecule has 138 valence electrons. The number of nitrogens with one attached hydrogen (secondary N) is 1. The second-order valence-electron chi connectivity index (χ2n) is 7.46. The van der Waals surface area contributed by atoms with Crippen LogP contribution in [0.1, 0.15) is 32.3 Å². The minimum atomic E-state index is -0.0148. The zero-order valence-corrected chi connectivity index (χ0v) is 15.4. The van der Waals surface area contributed by atoms with Gasteiger partial charge in [0, 0.05) is 37.8 Å². The number of carbonyl (C=O) groups is 1. The highest BCUT2D eigenvalue weighted by molar-refractivity contribution is 5.78. The zero-order chi connectivity index (χ0) is 17.7. The molecule has 1 aromatic carbocycles. The number of ether oxygens (including phenoxy) is 2. The van der Waals surface area contributed by atoms with Crippen molar-refractivity contribution in [3.8, 4) is 0 Å². The topological polar surface area (TPSA) is 50.8 Å². The summed E-state index contributed by atoms with van der Waals surface area (Å²) in [6, 6.07) is 10.8. The first kappa shape index (κ1) is 18.4. The van der Waals surface area contributed by atoms with Crippen molar-refractivity contribution in [3.63, 3.8) is 0 Å². The molecule has 2 saturated heterocycles. The van der Waals surface area contributed by atoms with E-state index >= 15 is 0 Å². The van der Waals surface area contributed by atoms with Crippen LogP contribution in [-0.2, 0) is 19.7 Å². The van der Waals surface area contributed by atoms with Crippen LogP contribution < -0.4 is 5.32 Å². The molecule has 0 aliphatic carbocycles. The van der Waals surface area contributed by atoms with E-state index in [1.807, 2.05) is 6.07 Å². The van der Waals surface area contributed by atoms with Crippen LogP contribution in [0.4, 0.5) is 0 Å². The minimum Gasteiger partial charge on any atom is -0.381 e. The molecule has 0 saturated carbocycles. The highest BCUT2D eigenvalue weighted by Crippen LogP contribution is 2.34. The van der Waals surface area contributed by atoms with Gasteiger partial charge in [0.05, 0.1) is 19.3 Å². The van der Waals surface area contributed by atoms with Gasteiger partial charge < -0.3 is 14.8 Å². The van der Waals surface area contributed by atoms with E-state index in [4.69, 9.17) is 9.47 Å². The predicted octanol–water partition coefficient (Wildman–Crippen LogP) is 1.96. The van der Waals surface area contributed by atoms with Gasteiger partial charge in [0.25, 0.3) is 0 Å². The predicted molar refractivity (Wildman–Crippen MR) is 97.6 cm³/mol. The zero-order valence-electron chi connectivity index (χ0n) is 15.4. The van der Waals surface area contributed by atoms with Crippen molar-refractivity contribution in [1.29, 1.82) is 0 Å². The van der Waals surface area contributed by atoms with Crippen LogP contribution in [0.15, 0.2) is 30.3 Å². The standard InChI is InChI=1S/C20H30N2O3/c1-16-14-25-17(2)12-22(16)13-19(23)21-15-20(8-10-24-11-9-20)18-6-4-3-5-7-18/h3-7,16-17H,8-15H2,1-2H3,(H,21,23)/t16-,17+/m1/s1. The lowest BCUT2D eigenvalue weighted by molar-refractivity contribution is -0.126. The lowest BCUT2D eigenvalue weighted by Gasteiger charge is -2.39. The normalized spacial score (nSPS) is 27.0. The fourth-order valence-electron chi connectivity index (χ4n) is 3.82. The second-order valence-corrected chi connectivity index (χ2v) is 7.46. The first-order chi connectivity index (χ1) is 12.1. The number of carbonyl (C=O) groups excluding carboxylic acids is 1. The molecule has 2 heterocycles. The van der Waals surface area contributed by atoms with Crippen molar-refractivity contribution in [3.05, 3.63) is 35.9 Å². The monoisotopic (exact) mass is 346 g/mol. The van der Waals surface area contributed by atoms with Gasteiger partial charge in [-0.2, -0.15) is 0 Å². The summed E-state index contributed by atoms with van der Waals surface area (Å²) in [6.07, 6.45) is 2.08. The molecule has 5 heteroatoms. The Labute approximate surface area is 150 Å². The van der Waals surface area contributed by atoms with Gasteiger partial charge in [-0.3, -0.25) is 9.69 Å². The van der Waals surface area contributed by atoms with Crippen molar-refractivity contribution in [2.45, 2.75) is 44.2 Å². The lowest BCUT2D eigenvalue weighted by atomic mass is 9.74. The Balaban J connectivity index is 1.60. The largest absolute Gasteiger partial charge is 0.381 e. The first-order valence-corrected chi connectivity index (χ1v) is 9.35. The van der Waals surface area contributed by atoms with E-state index in [1.165, 1.54) is 5.56 Å². The van der Waals surface area contributed by atoms with Gasteiger partial charge in [-0.1, -0.05) is 30.3 Å². The molecule has 2 aliphatic heterocycles. The highest BCUT2D eigenvalue weighted by Gasteiger charge is 2.35. The molecule has 0 radical (unpaired) electrons. The Morgan fingerprint density at radius 3 is 2.68 bits per heavy atom. The maximum Gasteiger partial charge on any atom is 0.234 e. The van der Waals surface area contributed by atoms with Gasteiger partial charge in [0.2, 0.25) is 5.91 Å². The lowest BCUT2D eigenvalue weighted by Crippen LogP contribution is -2.52. The molecule has 2 atom stereocenters. The quantitative estimate of drug-likeness (QED) is 0.885. The molecule has 0 aromatic heterocycles. The summed E-state index contributed by atoms with van der Waals surface area (Å²) in [7, 11) is 0. The molecule has 5 nitrogen and oxygen atoms in total. The van der Waals surface area contributed by atoms with Crippen LogP contribution in [0.5, 0.6) is 0 Å². The maximum atomic E-state index is 12.6.